The van der Waals surface area contributed by atoms with Crippen LogP contribution in [0.4, 0.5) is 0 Å². The van der Waals surface area contributed by atoms with Crippen molar-refractivity contribution in [1.82, 2.24) is 0 Å². The lowest BCUT2D eigenvalue weighted by molar-refractivity contribution is 0.755. The van der Waals surface area contributed by atoms with Gasteiger partial charge < -0.3 is 0 Å². The lowest BCUT2D eigenvalue weighted by Crippen LogP contribution is -2.08. The lowest BCUT2D eigenvalue weighted by Gasteiger charge is -2.15. The van der Waals surface area contributed by atoms with E-state index in [1.165, 1.54) is 0 Å². The van der Waals surface area contributed by atoms with E-state index in [-0.39, 0.29) is 5.16 Å². The summed E-state index contributed by atoms with van der Waals surface area (Å²) in [5, 5.41) is 0.236. The third-order valence-electron chi connectivity index (χ3n) is 1.58. The molecule has 64 valence electrons. The molecule has 11 heavy (non-hydrogen) atoms. The highest BCUT2D eigenvalue weighted by Gasteiger charge is 2.08. The SMILES string of the molecule is CCC(C)(P)/C=C\C=C(/C)S. The maximum atomic E-state index is 4.16. The van der Waals surface area contributed by atoms with Crippen LogP contribution in [0.2, 0.25) is 0 Å². The van der Waals surface area contributed by atoms with Gasteiger partial charge in [-0.25, -0.2) is 0 Å². The summed E-state index contributed by atoms with van der Waals surface area (Å²) in [7, 11) is 2.83. The van der Waals surface area contributed by atoms with Gasteiger partial charge in [-0.3, -0.25) is 0 Å². The molecule has 0 fully saturated rings. The molecule has 0 aliphatic carbocycles. The van der Waals surface area contributed by atoms with Crippen LogP contribution in [0.25, 0.3) is 0 Å². The van der Waals surface area contributed by atoms with E-state index in [4.69, 9.17) is 0 Å². The van der Waals surface area contributed by atoms with Crippen LogP contribution in [-0.2, 0) is 0 Å². The van der Waals surface area contributed by atoms with Crippen molar-refractivity contribution in [3.8, 4) is 0 Å². The quantitative estimate of drug-likeness (QED) is 0.391. The van der Waals surface area contributed by atoms with Gasteiger partial charge in [-0.2, -0.15) is 0 Å². The largest absolute Gasteiger partial charge is 0.148 e. The smallest absolute Gasteiger partial charge is 0.0000623 e. The summed E-state index contributed by atoms with van der Waals surface area (Å²) in [5.74, 6) is 0. The molecule has 0 nitrogen and oxygen atoms in total. The van der Waals surface area contributed by atoms with E-state index in [1.807, 2.05) is 13.0 Å². The molecule has 0 saturated heterocycles. The molecule has 0 spiro atoms. The van der Waals surface area contributed by atoms with Crippen molar-refractivity contribution < 1.29 is 0 Å². The maximum Gasteiger partial charge on any atom is -0.0000623 e. The minimum absolute atomic E-state index is 0.236. The van der Waals surface area contributed by atoms with Crippen LogP contribution in [-0.4, -0.2) is 5.16 Å². The molecule has 0 aliphatic rings. The molecule has 2 atom stereocenters. The van der Waals surface area contributed by atoms with Crippen molar-refractivity contribution in [1.29, 1.82) is 0 Å². The van der Waals surface area contributed by atoms with Gasteiger partial charge in [-0.05, 0) is 23.4 Å². The standard InChI is InChI=1S/C9H17PS/c1-4-9(3,10)7-5-6-8(2)11/h5-7,11H,4,10H2,1-3H3/b7-5-,8-6+. The van der Waals surface area contributed by atoms with Gasteiger partial charge in [0.1, 0.15) is 0 Å². The van der Waals surface area contributed by atoms with Crippen LogP contribution in [0, 0.1) is 0 Å². The predicted molar refractivity (Wildman–Crippen MR) is 60.3 cm³/mol. The van der Waals surface area contributed by atoms with Gasteiger partial charge in [0.25, 0.3) is 0 Å². The van der Waals surface area contributed by atoms with Gasteiger partial charge in [0, 0.05) is 0 Å². The van der Waals surface area contributed by atoms with Gasteiger partial charge in [0.05, 0.1) is 0 Å². The lowest BCUT2D eigenvalue weighted by atomic mass is 10.1. The minimum atomic E-state index is 0.236. The summed E-state index contributed by atoms with van der Waals surface area (Å²) in [5.41, 5.74) is 0. The van der Waals surface area contributed by atoms with Crippen molar-refractivity contribution in [2.24, 2.45) is 0 Å². The Labute approximate surface area is 77.8 Å². The van der Waals surface area contributed by atoms with Crippen molar-refractivity contribution in [3.63, 3.8) is 0 Å². The number of rotatable bonds is 3. The normalized spacial score (nSPS) is 18.8. The Kier molecular flexibility index (Phi) is 5.12. The summed E-state index contributed by atoms with van der Waals surface area (Å²) in [4.78, 5) is 1.04. The maximum absolute atomic E-state index is 4.16. The first-order chi connectivity index (χ1) is 4.98. The fourth-order valence-corrected chi connectivity index (χ4v) is 0.722. The Morgan fingerprint density at radius 2 is 2.18 bits per heavy atom. The highest BCUT2D eigenvalue weighted by atomic mass is 32.1. The van der Waals surface area contributed by atoms with Crippen molar-refractivity contribution in [3.05, 3.63) is 23.1 Å². The molecular weight excluding hydrogens is 171 g/mol. The van der Waals surface area contributed by atoms with Crippen LogP contribution >= 0.6 is 21.9 Å². The Morgan fingerprint density at radius 1 is 1.64 bits per heavy atom. The van der Waals surface area contributed by atoms with Gasteiger partial charge in [-0.15, -0.1) is 21.9 Å². The minimum Gasteiger partial charge on any atom is -0.148 e. The van der Waals surface area contributed by atoms with Gasteiger partial charge >= 0.3 is 0 Å². The number of hydrogen-bond donors (Lipinski definition) is 1. The van der Waals surface area contributed by atoms with Crippen LogP contribution in [0.1, 0.15) is 27.2 Å². The predicted octanol–water partition coefficient (Wildman–Crippen LogP) is 3.42. The van der Waals surface area contributed by atoms with Crippen molar-refractivity contribution >= 4 is 21.9 Å². The third-order valence-corrected chi connectivity index (χ3v) is 2.33. The van der Waals surface area contributed by atoms with E-state index in [2.05, 4.69) is 47.9 Å². The molecule has 0 heterocycles. The van der Waals surface area contributed by atoms with Gasteiger partial charge in [0.2, 0.25) is 0 Å². The van der Waals surface area contributed by atoms with E-state index in [9.17, 15) is 0 Å². The zero-order valence-corrected chi connectivity index (χ0v) is 9.51. The first-order valence-corrected chi connectivity index (χ1v) is 4.84. The molecule has 0 bridgehead atoms. The first-order valence-electron chi connectivity index (χ1n) is 3.82. The van der Waals surface area contributed by atoms with Crippen LogP contribution in [0.5, 0.6) is 0 Å². The van der Waals surface area contributed by atoms with Gasteiger partial charge in [-0.1, -0.05) is 32.1 Å². The van der Waals surface area contributed by atoms with Crippen molar-refractivity contribution in [2.75, 3.05) is 0 Å². The second-order valence-corrected chi connectivity index (χ2v) is 5.05. The summed E-state index contributed by atoms with van der Waals surface area (Å²) in [6.45, 7) is 6.34. The summed E-state index contributed by atoms with van der Waals surface area (Å²) in [6, 6.07) is 0. The molecule has 0 N–H and O–H groups in total. The zero-order chi connectivity index (χ0) is 8.91. The molecule has 0 aromatic heterocycles. The fourth-order valence-electron chi connectivity index (χ4n) is 0.525. The van der Waals surface area contributed by atoms with Crippen LogP contribution in [0.3, 0.4) is 0 Å². The van der Waals surface area contributed by atoms with E-state index >= 15 is 0 Å². The number of hydrogen-bond acceptors (Lipinski definition) is 1. The molecule has 0 rings (SSSR count). The third kappa shape index (κ3) is 6.65. The molecule has 0 aliphatic heterocycles. The van der Waals surface area contributed by atoms with E-state index in [0.29, 0.717) is 0 Å². The molecule has 0 amide bonds. The van der Waals surface area contributed by atoms with E-state index in [1.54, 1.807) is 0 Å². The van der Waals surface area contributed by atoms with Gasteiger partial charge in [0.15, 0.2) is 0 Å². The number of allylic oxidation sites excluding steroid dienone is 4. The Hall–Kier alpha value is 0.260. The second-order valence-electron chi connectivity index (χ2n) is 3.03. The van der Waals surface area contributed by atoms with Crippen LogP contribution in [0.15, 0.2) is 23.1 Å². The van der Waals surface area contributed by atoms with E-state index < -0.39 is 0 Å². The summed E-state index contributed by atoms with van der Waals surface area (Å²) >= 11 is 4.16. The molecule has 0 saturated carbocycles. The molecule has 0 aromatic rings. The average molecular weight is 188 g/mol. The first kappa shape index (κ1) is 11.3. The van der Waals surface area contributed by atoms with E-state index in [0.717, 1.165) is 11.3 Å². The number of thiol groups is 1. The Balaban J connectivity index is 4.02. The topological polar surface area (TPSA) is 0 Å². The molecule has 2 unspecified atom stereocenters. The molecule has 2 heteroatoms. The molecule has 0 aromatic carbocycles. The Morgan fingerprint density at radius 3 is 2.55 bits per heavy atom. The second kappa shape index (κ2) is 5.00. The fraction of sp³-hybridized carbons (Fsp3) is 0.556. The van der Waals surface area contributed by atoms with Crippen LogP contribution < -0.4 is 0 Å². The monoisotopic (exact) mass is 188 g/mol. The molecule has 0 radical (unpaired) electrons. The Bertz CT molecular complexity index is 164. The van der Waals surface area contributed by atoms with Crippen molar-refractivity contribution in [2.45, 2.75) is 32.3 Å². The highest BCUT2D eigenvalue weighted by molar-refractivity contribution is 7.84. The highest BCUT2D eigenvalue weighted by Crippen LogP contribution is 2.23. The summed E-state index contributed by atoms with van der Waals surface area (Å²) < 4.78 is 0. The molecular formula is C9H17PS. The average Bonchev–Trinajstić information content (AvgIpc) is 1.87. The summed E-state index contributed by atoms with van der Waals surface area (Å²) in [6.07, 6.45) is 7.37. The zero-order valence-electron chi connectivity index (χ0n) is 7.46.